The molecule has 1 aromatic heterocycles. The minimum Gasteiger partial charge on any atom is -0.348 e. The summed E-state index contributed by atoms with van der Waals surface area (Å²) in [5.74, 6) is 0.564. The predicted octanol–water partition coefficient (Wildman–Crippen LogP) is 2.75. The smallest absolute Gasteiger partial charge is 0.251 e. The third kappa shape index (κ3) is 3.78. The van der Waals surface area contributed by atoms with Crippen molar-refractivity contribution in [1.82, 2.24) is 15.6 Å². The number of aromatic nitrogens is 1. The van der Waals surface area contributed by atoms with E-state index in [4.69, 9.17) is 0 Å². The number of anilines is 1. The molecule has 3 heterocycles. The van der Waals surface area contributed by atoms with Gasteiger partial charge in [-0.25, -0.2) is 0 Å². The zero-order valence-corrected chi connectivity index (χ0v) is 15.4. The van der Waals surface area contributed by atoms with Gasteiger partial charge in [0, 0.05) is 35.5 Å². The molecule has 6 nitrogen and oxygen atoms in total. The molecule has 0 saturated carbocycles. The molecule has 2 fully saturated rings. The lowest BCUT2D eigenvalue weighted by Crippen LogP contribution is -2.42. The molecular formula is C19H22N4O2S. The molecule has 2 saturated heterocycles. The Hall–Kier alpha value is -2.25. The number of aromatic amines is 1. The summed E-state index contributed by atoms with van der Waals surface area (Å²) in [5, 5.41) is 10.3. The van der Waals surface area contributed by atoms with E-state index in [0.717, 1.165) is 22.8 Å². The summed E-state index contributed by atoms with van der Waals surface area (Å²) in [4.78, 5) is 27.7. The Morgan fingerprint density at radius 1 is 1.12 bits per heavy atom. The summed E-state index contributed by atoms with van der Waals surface area (Å²) in [6.07, 6.45) is 3.42. The van der Waals surface area contributed by atoms with E-state index in [0.29, 0.717) is 23.5 Å². The normalized spacial score (nSPS) is 23.8. The van der Waals surface area contributed by atoms with E-state index in [9.17, 15) is 9.59 Å². The summed E-state index contributed by atoms with van der Waals surface area (Å²) in [5.41, 5.74) is 0.683. The van der Waals surface area contributed by atoms with Gasteiger partial charge < -0.3 is 20.9 Å². The zero-order chi connectivity index (χ0) is 18.1. The number of hydrogen-bond donors (Lipinski definition) is 4. The van der Waals surface area contributed by atoms with Crippen LogP contribution in [-0.4, -0.2) is 34.9 Å². The average molecular weight is 370 g/mol. The minimum atomic E-state index is -0.107. The van der Waals surface area contributed by atoms with Crippen LogP contribution in [0.25, 0.3) is 0 Å². The summed E-state index contributed by atoms with van der Waals surface area (Å²) >= 11 is 1.55. The van der Waals surface area contributed by atoms with Crippen LogP contribution in [-0.2, 0) is 4.79 Å². The maximum atomic E-state index is 12.5. The van der Waals surface area contributed by atoms with Crippen LogP contribution >= 0.6 is 11.8 Å². The molecule has 26 heavy (non-hydrogen) atoms. The van der Waals surface area contributed by atoms with E-state index in [1.807, 2.05) is 36.4 Å². The molecule has 3 atom stereocenters. The molecule has 2 aliphatic heterocycles. The number of H-pyrrole nitrogens is 1. The Labute approximate surface area is 156 Å². The van der Waals surface area contributed by atoms with Crippen molar-refractivity contribution >= 4 is 29.4 Å². The van der Waals surface area contributed by atoms with E-state index in [-0.39, 0.29) is 17.9 Å². The maximum absolute atomic E-state index is 12.5. The molecule has 4 rings (SSSR count). The molecule has 0 radical (unpaired) electrons. The molecule has 4 N–H and O–H groups in total. The zero-order valence-electron chi connectivity index (χ0n) is 14.5. The van der Waals surface area contributed by atoms with Gasteiger partial charge in [-0.2, -0.15) is 0 Å². The van der Waals surface area contributed by atoms with Crippen LogP contribution in [0.2, 0.25) is 0 Å². The Morgan fingerprint density at radius 3 is 2.58 bits per heavy atom. The third-order valence-corrected chi connectivity index (χ3v) is 5.90. The molecule has 0 unspecified atom stereocenters. The number of nitrogens with one attached hydrogen (secondary N) is 4. The standard InChI is InChI=1S/C19H22N4O2S/c1-11(24)20-17-8-9-18(23-17)26-14-5-2-12(3-6-14)19(25)22-16-10-13-4-7-15(16)21-13/h2-3,5-6,8-9,13,15-16,21,23H,4,7,10H2,1H3,(H,20,24)(H,22,25)/t13-,15+,16-/m1/s1. The highest BCUT2D eigenvalue weighted by Crippen LogP contribution is 2.29. The SMILES string of the molecule is CC(=O)Nc1ccc(Sc2ccc(C(=O)N[C@@H]3C[C@H]4CC[C@@H]3N4)cc2)[nH]1. The topological polar surface area (TPSA) is 86.0 Å². The number of fused-ring (bicyclic) bond motifs is 2. The first-order valence-electron chi connectivity index (χ1n) is 8.88. The lowest BCUT2D eigenvalue weighted by molar-refractivity contribution is -0.114. The quantitative estimate of drug-likeness (QED) is 0.652. The van der Waals surface area contributed by atoms with Crippen LogP contribution in [0.4, 0.5) is 5.82 Å². The summed E-state index contributed by atoms with van der Waals surface area (Å²) in [7, 11) is 0. The van der Waals surface area contributed by atoms with Gasteiger partial charge in [0.2, 0.25) is 5.91 Å². The van der Waals surface area contributed by atoms with Gasteiger partial charge in [0.1, 0.15) is 5.82 Å². The molecule has 2 amide bonds. The fourth-order valence-electron chi connectivity index (χ4n) is 3.73. The second-order valence-corrected chi connectivity index (χ2v) is 8.02. The first kappa shape index (κ1) is 17.2. The number of hydrogen-bond acceptors (Lipinski definition) is 4. The highest BCUT2D eigenvalue weighted by molar-refractivity contribution is 7.99. The summed E-state index contributed by atoms with van der Waals surface area (Å²) in [6.45, 7) is 1.48. The van der Waals surface area contributed by atoms with Crippen molar-refractivity contribution in [1.29, 1.82) is 0 Å². The van der Waals surface area contributed by atoms with Crippen LogP contribution in [0.5, 0.6) is 0 Å². The lowest BCUT2D eigenvalue weighted by Gasteiger charge is -2.21. The molecule has 2 aromatic rings. The van der Waals surface area contributed by atoms with Gasteiger partial charge in [0.15, 0.2) is 0 Å². The molecule has 0 spiro atoms. The minimum absolute atomic E-state index is 0.00582. The molecule has 0 aliphatic carbocycles. The van der Waals surface area contributed by atoms with Crippen molar-refractivity contribution in [2.45, 2.75) is 54.2 Å². The monoisotopic (exact) mass is 370 g/mol. The Balaban J connectivity index is 1.35. The number of benzene rings is 1. The van der Waals surface area contributed by atoms with E-state index >= 15 is 0 Å². The lowest BCUT2D eigenvalue weighted by atomic mass is 9.95. The van der Waals surface area contributed by atoms with Crippen molar-refractivity contribution in [3.05, 3.63) is 42.0 Å². The van der Waals surface area contributed by atoms with Crippen LogP contribution < -0.4 is 16.0 Å². The molecule has 2 bridgehead atoms. The second-order valence-electron chi connectivity index (χ2n) is 6.91. The van der Waals surface area contributed by atoms with Gasteiger partial charge in [-0.1, -0.05) is 11.8 Å². The summed E-state index contributed by atoms with van der Waals surface area (Å²) < 4.78 is 0. The highest BCUT2D eigenvalue weighted by atomic mass is 32.2. The largest absolute Gasteiger partial charge is 0.348 e. The van der Waals surface area contributed by atoms with Crippen molar-refractivity contribution in [2.24, 2.45) is 0 Å². The molecule has 7 heteroatoms. The van der Waals surface area contributed by atoms with Crippen LogP contribution in [0, 0.1) is 0 Å². The van der Waals surface area contributed by atoms with Gasteiger partial charge in [0.05, 0.1) is 5.03 Å². The fourth-order valence-corrected chi connectivity index (χ4v) is 4.56. The van der Waals surface area contributed by atoms with Gasteiger partial charge in [-0.3, -0.25) is 9.59 Å². The van der Waals surface area contributed by atoms with Crippen molar-refractivity contribution < 1.29 is 9.59 Å². The Kier molecular flexibility index (Phi) is 4.74. The number of carbonyl (C=O) groups excluding carboxylic acids is 2. The number of carbonyl (C=O) groups is 2. The first-order chi connectivity index (χ1) is 12.6. The predicted molar refractivity (Wildman–Crippen MR) is 101 cm³/mol. The fraction of sp³-hybridized carbons (Fsp3) is 0.368. The van der Waals surface area contributed by atoms with Crippen molar-refractivity contribution in [2.75, 3.05) is 5.32 Å². The summed E-state index contributed by atoms with van der Waals surface area (Å²) in [6, 6.07) is 12.6. The van der Waals surface area contributed by atoms with Crippen LogP contribution in [0.15, 0.2) is 46.3 Å². The van der Waals surface area contributed by atoms with Crippen molar-refractivity contribution in [3.8, 4) is 0 Å². The van der Waals surface area contributed by atoms with Gasteiger partial charge in [-0.05, 0) is 55.7 Å². The highest BCUT2D eigenvalue weighted by Gasteiger charge is 2.39. The van der Waals surface area contributed by atoms with Crippen molar-refractivity contribution in [3.63, 3.8) is 0 Å². The maximum Gasteiger partial charge on any atom is 0.251 e. The van der Waals surface area contributed by atoms with E-state index in [2.05, 4.69) is 20.9 Å². The second kappa shape index (κ2) is 7.17. The van der Waals surface area contributed by atoms with E-state index in [1.54, 1.807) is 11.8 Å². The van der Waals surface area contributed by atoms with E-state index in [1.165, 1.54) is 13.3 Å². The number of rotatable bonds is 5. The molecule has 1 aromatic carbocycles. The molecule has 2 aliphatic rings. The van der Waals surface area contributed by atoms with Gasteiger partial charge >= 0.3 is 0 Å². The van der Waals surface area contributed by atoms with Gasteiger partial charge in [-0.15, -0.1) is 0 Å². The Bertz CT molecular complexity index is 817. The average Bonchev–Trinajstić information content (AvgIpc) is 3.32. The third-order valence-electron chi connectivity index (χ3n) is 4.93. The number of amides is 2. The van der Waals surface area contributed by atoms with E-state index < -0.39 is 0 Å². The molecular weight excluding hydrogens is 348 g/mol. The van der Waals surface area contributed by atoms with Gasteiger partial charge in [0.25, 0.3) is 5.91 Å². The Morgan fingerprint density at radius 2 is 1.92 bits per heavy atom. The van der Waals surface area contributed by atoms with Crippen LogP contribution in [0.3, 0.4) is 0 Å². The molecule has 136 valence electrons. The first-order valence-corrected chi connectivity index (χ1v) is 9.70. The van der Waals surface area contributed by atoms with Crippen LogP contribution in [0.1, 0.15) is 36.5 Å².